The van der Waals surface area contributed by atoms with Crippen molar-refractivity contribution >= 4 is 0 Å². The number of rotatable bonds is 2. The highest BCUT2D eigenvalue weighted by Gasteiger charge is 2.46. The largest absolute Gasteiger partial charge is 0.316 e. The summed E-state index contributed by atoms with van der Waals surface area (Å²) >= 11 is 0. The molecule has 1 saturated carbocycles. The lowest BCUT2D eigenvalue weighted by molar-refractivity contribution is -0.00430. The van der Waals surface area contributed by atoms with Crippen LogP contribution in [0.15, 0.2) is 0 Å². The summed E-state index contributed by atoms with van der Waals surface area (Å²) in [6, 6.07) is 0. The van der Waals surface area contributed by atoms with Crippen molar-refractivity contribution in [3.63, 3.8) is 0 Å². The van der Waals surface area contributed by atoms with E-state index in [1.807, 2.05) is 0 Å². The Bertz CT molecular complexity index is 139. The lowest BCUT2D eigenvalue weighted by Crippen LogP contribution is -2.55. The van der Waals surface area contributed by atoms with Crippen LogP contribution < -0.4 is 5.32 Å². The number of fused-ring (bicyclic) bond motifs is 2. The maximum atomic E-state index is 3.53. The Balaban J connectivity index is 1.91. The van der Waals surface area contributed by atoms with Crippen LogP contribution in [0.4, 0.5) is 0 Å². The SMILES string of the molecule is CC(C)CC12CNCC(C1)C2. The minimum atomic E-state index is 0.733. The number of hydrogen-bond acceptors (Lipinski definition) is 1. The quantitative estimate of drug-likeness (QED) is 0.640. The van der Waals surface area contributed by atoms with E-state index >= 15 is 0 Å². The average Bonchev–Trinajstić information content (AvgIpc) is 1.84. The van der Waals surface area contributed by atoms with E-state index in [1.54, 1.807) is 0 Å². The fourth-order valence-corrected chi connectivity index (χ4v) is 3.10. The molecular weight excluding hydrogens is 134 g/mol. The Hall–Kier alpha value is -0.0400. The Labute approximate surface area is 69.6 Å². The van der Waals surface area contributed by atoms with E-state index in [4.69, 9.17) is 0 Å². The molecule has 2 heterocycles. The van der Waals surface area contributed by atoms with Crippen LogP contribution in [0.25, 0.3) is 0 Å². The summed E-state index contributed by atoms with van der Waals surface area (Å²) in [4.78, 5) is 0. The lowest BCUT2D eigenvalue weighted by atomic mass is 9.56. The van der Waals surface area contributed by atoms with Crippen molar-refractivity contribution < 1.29 is 0 Å². The van der Waals surface area contributed by atoms with Gasteiger partial charge in [-0.15, -0.1) is 0 Å². The van der Waals surface area contributed by atoms with Gasteiger partial charge in [-0.2, -0.15) is 0 Å². The molecule has 0 unspecified atom stereocenters. The smallest absolute Gasteiger partial charge is 0.000824 e. The molecule has 0 aromatic rings. The number of piperidine rings is 2. The Morgan fingerprint density at radius 2 is 2.18 bits per heavy atom. The molecule has 0 aromatic heterocycles. The number of nitrogens with one attached hydrogen (secondary N) is 1. The zero-order valence-electron chi connectivity index (χ0n) is 7.69. The van der Waals surface area contributed by atoms with E-state index < -0.39 is 0 Å². The van der Waals surface area contributed by atoms with Gasteiger partial charge < -0.3 is 5.32 Å². The molecule has 2 bridgehead atoms. The van der Waals surface area contributed by atoms with Crippen LogP contribution in [0.2, 0.25) is 0 Å². The first-order valence-corrected chi connectivity index (χ1v) is 4.91. The topological polar surface area (TPSA) is 12.0 Å². The lowest BCUT2D eigenvalue weighted by Gasteiger charge is -2.53. The molecule has 0 radical (unpaired) electrons. The summed E-state index contributed by atoms with van der Waals surface area (Å²) in [6.07, 6.45) is 4.47. The van der Waals surface area contributed by atoms with Gasteiger partial charge in [0.1, 0.15) is 0 Å². The highest BCUT2D eigenvalue weighted by Crippen LogP contribution is 2.51. The molecule has 2 saturated heterocycles. The summed E-state index contributed by atoms with van der Waals surface area (Å²) < 4.78 is 0. The van der Waals surface area contributed by atoms with Gasteiger partial charge in [0.05, 0.1) is 0 Å². The second kappa shape index (κ2) is 2.48. The van der Waals surface area contributed by atoms with Crippen molar-refractivity contribution in [3.05, 3.63) is 0 Å². The molecule has 1 aliphatic carbocycles. The van der Waals surface area contributed by atoms with Gasteiger partial charge in [-0.05, 0) is 43.1 Å². The summed E-state index contributed by atoms with van der Waals surface area (Å²) in [6.45, 7) is 7.27. The van der Waals surface area contributed by atoms with Gasteiger partial charge in [-0.3, -0.25) is 0 Å². The van der Waals surface area contributed by atoms with Crippen molar-refractivity contribution in [2.24, 2.45) is 17.3 Å². The molecule has 64 valence electrons. The standard InChI is InChI=1S/C10H19N/c1-8(2)3-10-4-9(5-10)6-11-7-10/h8-9,11H,3-7H2,1-2H3. The second-order valence-corrected chi connectivity index (χ2v) is 5.00. The summed E-state index contributed by atoms with van der Waals surface area (Å²) in [5.41, 5.74) is 0.733. The molecule has 0 atom stereocenters. The maximum Gasteiger partial charge on any atom is 0.000824 e. The van der Waals surface area contributed by atoms with E-state index in [0.29, 0.717) is 0 Å². The first kappa shape index (κ1) is 7.60. The van der Waals surface area contributed by atoms with Gasteiger partial charge in [0.15, 0.2) is 0 Å². The van der Waals surface area contributed by atoms with Crippen LogP contribution in [0.3, 0.4) is 0 Å². The van der Waals surface area contributed by atoms with E-state index in [0.717, 1.165) is 17.3 Å². The van der Waals surface area contributed by atoms with E-state index in [-0.39, 0.29) is 0 Å². The predicted octanol–water partition coefficient (Wildman–Crippen LogP) is 2.03. The van der Waals surface area contributed by atoms with Gasteiger partial charge in [0.2, 0.25) is 0 Å². The van der Waals surface area contributed by atoms with Crippen molar-refractivity contribution in [3.8, 4) is 0 Å². The van der Waals surface area contributed by atoms with Crippen LogP contribution in [0.1, 0.15) is 33.1 Å². The molecule has 3 rings (SSSR count). The van der Waals surface area contributed by atoms with Crippen LogP contribution in [0.5, 0.6) is 0 Å². The third-order valence-corrected chi connectivity index (χ3v) is 3.22. The minimum absolute atomic E-state index is 0.733. The van der Waals surface area contributed by atoms with Crippen molar-refractivity contribution in [2.45, 2.75) is 33.1 Å². The molecule has 0 amide bonds. The van der Waals surface area contributed by atoms with E-state index in [9.17, 15) is 0 Å². The summed E-state index contributed by atoms with van der Waals surface area (Å²) in [7, 11) is 0. The molecule has 3 aliphatic rings. The van der Waals surface area contributed by atoms with Gasteiger partial charge >= 0.3 is 0 Å². The third-order valence-electron chi connectivity index (χ3n) is 3.22. The molecule has 1 N–H and O–H groups in total. The molecule has 0 aromatic carbocycles. The average molecular weight is 153 g/mol. The van der Waals surface area contributed by atoms with Crippen molar-refractivity contribution in [1.29, 1.82) is 0 Å². The van der Waals surface area contributed by atoms with Crippen molar-refractivity contribution in [2.75, 3.05) is 13.1 Å². The fourth-order valence-electron chi connectivity index (χ4n) is 3.10. The van der Waals surface area contributed by atoms with Crippen LogP contribution in [-0.4, -0.2) is 13.1 Å². The van der Waals surface area contributed by atoms with Gasteiger partial charge in [0.25, 0.3) is 0 Å². The maximum absolute atomic E-state index is 3.53. The third kappa shape index (κ3) is 1.31. The minimum Gasteiger partial charge on any atom is -0.316 e. The first-order valence-electron chi connectivity index (χ1n) is 4.91. The Morgan fingerprint density at radius 3 is 2.64 bits per heavy atom. The van der Waals surface area contributed by atoms with Gasteiger partial charge in [-0.1, -0.05) is 13.8 Å². The zero-order chi connectivity index (χ0) is 7.90. The van der Waals surface area contributed by atoms with Crippen LogP contribution in [0, 0.1) is 17.3 Å². The second-order valence-electron chi connectivity index (χ2n) is 5.00. The van der Waals surface area contributed by atoms with E-state index in [1.165, 1.54) is 32.4 Å². The fraction of sp³-hybridized carbons (Fsp3) is 1.00. The molecule has 1 nitrogen and oxygen atoms in total. The zero-order valence-corrected chi connectivity index (χ0v) is 7.69. The van der Waals surface area contributed by atoms with E-state index in [2.05, 4.69) is 19.2 Å². The van der Waals surface area contributed by atoms with Crippen LogP contribution >= 0.6 is 0 Å². The number of hydrogen-bond donors (Lipinski definition) is 1. The Kier molecular flexibility index (Phi) is 1.71. The molecule has 11 heavy (non-hydrogen) atoms. The molecular formula is C10H19N. The monoisotopic (exact) mass is 153 g/mol. The molecule has 0 spiro atoms. The molecule has 1 heteroatoms. The summed E-state index contributed by atoms with van der Waals surface area (Å²) in [5, 5.41) is 3.53. The molecule has 2 aliphatic heterocycles. The Morgan fingerprint density at radius 1 is 1.45 bits per heavy atom. The highest BCUT2D eigenvalue weighted by atomic mass is 14.9. The van der Waals surface area contributed by atoms with Gasteiger partial charge in [-0.25, -0.2) is 0 Å². The normalized spacial score (nSPS) is 42.3. The first-order chi connectivity index (χ1) is 5.20. The summed E-state index contributed by atoms with van der Waals surface area (Å²) in [5.74, 6) is 1.92. The van der Waals surface area contributed by atoms with Crippen molar-refractivity contribution in [1.82, 2.24) is 5.32 Å². The molecule has 3 fully saturated rings. The van der Waals surface area contributed by atoms with Crippen LogP contribution in [-0.2, 0) is 0 Å². The van der Waals surface area contributed by atoms with Gasteiger partial charge in [0, 0.05) is 6.54 Å². The predicted molar refractivity (Wildman–Crippen MR) is 47.5 cm³/mol. The highest BCUT2D eigenvalue weighted by molar-refractivity contribution is 5.00.